The maximum absolute atomic E-state index is 12.3. The molecule has 0 amide bonds. The van der Waals surface area contributed by atoms with Crippen LogP contribution in [0.4, 0.5) is 0 Å². The first-order chi connectivity index (χ1) is 9.00. The molecule has 2 rings (SSSR count). The first-order valence-corrected chi connectivity index (χ1v) is 6.26. The maximum atomic E-state index is 12.3. The SMILES string of the molecule is CC(C(=O)O)C(C)C(=O)c1ccc2ccccc2c1. The lowest BCUT2D eigenvalue weighted by atomic mass is 9.88. The van der Waals surface area contributed by atoms with Gasteiger partial charge in [0.05, 0.1) is 5.92 Å². The molecule has 0 spiro atoms. The average Bonchev–Trinajstić information content (AvgIpc) is 2.44. The Hall–Kier alpha value is -2.16. The van der Waals surface area contributed by atoms with Gasteiger partial charge in [-0.1, -0.05) is 50.2 Å². The minimum atomic E-state index is -0.943. The summed E-state index contributed by atoms with van der Waals surface area (Å²) in [7, 11) is 0. The Kier molecular flexibility index (Phi) is 3.65. The molecular weight excluding hydrogens is 240 g/mol. The minimum Gasteiger partial charge on any atom is -0.481 e. The van der Waals surface area contributed by atoms with E-state index in [0.29, 0.717) is 5.56 Å². The molecule has 0 aliphatic carbocycles. The third kappa shape index (κ3) is 2.65. The van der Waals surface area contributed by atoms with Gasteiger partial charge in [0.2, 0.25) is 0 Å². The van der Waals surface area contributed by atoms with Gasteiger partial charge in [-0.3, -0.25) is 9.59 Å². The van der Waals surface area contributed by atoms with Crippen LogP contribution in [0.15, 0.2) is 42.5 Å². The van der Waals surface area contributed by atoms with E-state index < -0.39 is 17.8 Å². The van der Waals surface area contributed by atoms with E-state index in [-0.39, 0.29) is 5.78 Å². The second kappa shape index (κ2) is 5.22. The molecule has 0 bridgehead atoms. The summed E-state index contributed by atoms with van der Waals surface area (Å²) in [6.45, 7) is 3.22. The van der Waals surface area contributed by atoms with E-state index >= 15 is 0 Å². The lowest BCUT2D eigenvalue weighted by Gasteiger charge is -2.15. The van der Waals surface area contributed by atoms with Gasteiger partial charge in [0, 0.05) is 11.5 Å². The number of benzene rings is 2. The second-order valence-electron chi connectivity index (χ2n) is 4.84. The van der Waals surface area contributed by atoms with Crippen molar-refractivity contribution < 1.29 is 14.7 Å². The summed E-state index contributed by atoms with van der Waals surface area (Å²) in [5.74, 6) is -2.28. The normalized spacial score (nSPS) is 14.0. The van der Waals surface area contributed by atoms with E-state index in [9.17, 15) is 9.59 Å². The van der Waals surface area contributed by atoms with Gasteiger partial charge in [-0.05, 0) is 16.8 Å². The zero-order valence-corrected chi connectivity index (χ0v) is 11.0. The maximum Gasteiger partial charge on any atom is 0.306 e. The quantitative estimate of drug-likeness (QED) is 0.853. The van der Waals surface area contributed by atoms with Crippen LogP contribution in [0.2, 0.25) is 0 Å². The van der Waals surface area contributed by atoms with Gasteiger partial charge >= 0.3 is 5.97 Å². The van der Waals surface area contributed by atoms with Gasteiger partial charge in [0.1, 0.15) is 0 Å². The highest BCUT2D eigenvalue weighted by atomic mass is 16.4. The van der Waals surface area contributed by atoms with Crippen molar-refractivity contribution in [2.75, 3.05) is 0 Å². The molecule has 3 heteroatoms. The van der Waals surface area contributed by atoms with Crippen molar-refractivity contribution in [3.8, 4) is 0 Å². The molecule has 0 saturated carbocycles. The molecule has 2 aromatic rings. The van der Waals surface area contributed by atoms with Crippen molar-refractivity contribution in [1.82, 2.24) is 0 Å². The summed E-state index contributed by atoms with van der Waals surface area (Å²) in [4.78, 5) is 23.2. The minimum absolute atomic E-state index is 0.124. The van der Waals surface area contributed by atoms with Crippen molar-refractivity contribution in [3.63, 3.8) is 0 Å². The predicted molar refractivity (Wildman–Crippen MR) is 74.2 cm³/mol. The smallest absolute Gasteiger partial charge is 0.306 e. The summed E-state index contributed by atoms with van der Waals surface area (Å²) in [5, 5.41) is 11.0. The molecule has 2 aromatic carbocycles. The number of carboxylic acid groups (broad SMARTS) is 1. The Balaban J connectivity index is 2.33. The zero-order valence-electron chi connectivity index (χ0n) is 11.0. The van der Waals surface area contributed by atoms with E-state index in [1.165, 1.54) is 0 Å². The molecule has 0 radical (unpaired) electrons. The molecule has 0 fully saturated rings. The number of hydrogen-bond acceptors (Lipinski definition) is 2. The van der Waals surface area contributed by atoms with Crippen molar-refractivity contribution in [1.29, 1.82) is 0 Å². The molecule has 19 heavy (non-hydrogen) atoms. The zero-order chi connectivity index (χ0) is 14.0. The van der Waals surface area contributed by atoms with Crippen molar-refractivity contribution in [2.45, 2.75) is 13.8 Å². The number of ketones is 1. The van der Waals surface area contributed by atoms with E-state index in [2.05, 4.69) is 0 Å². The molecule has 0 aliphatic heterocycles. The number of Topliss-reactive ketones (excluding diaryl/α,β-unsaturated/α-hetero) is 1. The van der Waals surface area contributed by atoms with Crippen molar-refractivity contribution >= 4 is 22.5 Å². The van der Waals surface area contributed by atoms with Crippen LogP contribution >= 0.6 is 0 Å². The Morgan fingerprint density at radius 3 is 2.21 bits per heavy atom. The van der Waals surface area contributed by atoms with Gasteiger partial charge in [-0.25, -0.2) is 0 Å². The third-order valence-electron chi connectivity index (χ3n) is 3.59. The second-order valence-corrected chi connectivity index (χ2v) is 4.84. The van der Waals surface area contributed by atoms with Crippen LogP contribution < -0.4 is 0 Å². The molecular formula is C16H16O3. The number of fused-ring (bicyclic) bond motifs is 1. The van der Waals surface area contributed by atoms with Gasteiger partial charge in [-0.2, -0.15) is 0 Å². The van der Waals surface area contributed by atoms with Crippen LogP contribution in [0.25, 0.3) is 10.8 Å². The van der Waals surface area contributed by atoms with Crippen LogP contribution in [0.5, 0.6) is 0 Å². The van der Waals surface area contributed by atoms with Crippen LogP contribution in [0.1, 0.15) is 24.2 Å². The summed E-state index contributed by atoms with van der Waals surface area (Å²) in [6, 6.07) is 13.3. The molecule has 2 atom stereocenters. The number of rotatable bonds is 4. The van der Waals surface area contributed by atoms with E-state index in [1.807, 2.05) is 36.4 Å². The Morgan fingerprint density at radius 1 is 0.947 bits per heavy atom. The van der Waals surface area contributed by atoms with Crippen LogP contribution in [-0.4, -0.2) is 16.9 Å². The molecule has 98 valence electrons. The van der Waals surface area contributed by atoms with Gasteiger partial charge < -0.3 is 5.11 Å². The highest BCUT2D eigenvalue weighted by molar-refractivity contribution is 6.02. The van der Waals surface area contributed by atoms with Crippen LogP contribution in [0, 0.1) is 11.8 Å². The lowest BCUT2D eigenvalue weighted by Crippen LogP contribution is -2.25. The molecule has 0 saturated heterocycles. The fourth-order valence-electron chi connectivity index (χ4n) is 2.05. The number of carbonyl (C=O) groups is 2. The van der Waals surface area contributed by atoms with Gasteiger partial charge in [-0.15, -0.1) is 0 Å². The van der Waals surface area contributed by atoms with E-state index in [0.717, 1.165) is 10.8 Å². The Labute approximate surface area is 111 Å². The summed E-state index contributed by atoms with van der Waals surface area (Å²) in [6.07, 6.45) is 0. The highest BCUT2D eigenvalue weighted by Crippen LogP contribution is 2.21. The number of carboxylic acids is 1. The third-order valence-corrected chi connectivity index (χ3v) is 3.59. The topological polar surface area (TPSA) is 54.4 Å². The van der Waals surface area contributed by atoms with Crippen molar-refractivity contribution in [2.24, 2.45) is 11.8 Å². The first-order valence-electron chi connectivity index (χ1n) is 6.26. The fourth-order valence-corrected chi connectivity index (χ4v) is 2.05. The number of hydrogen-bond donors (Lipinski definition) is 1. The summed E-state index contributed by atoms with van der Waals surface area (Å²) in [5.41, 5.74) is 0.569. The summed E-state index contributed by atoms with van der Waals surface area (Å²) >= 11 is 0. The number of aliphatic carboxylic acids is 1. The average molecular weight is 256 g/mol. The van der Waals surface area contributed by atoms with E-state index in [1.54, 1.807) is 19.9 Å². The van der Waals surface area contributed by atoms with Gasteiger partial charge in [0.25, 0.3) is 0 Å². The largest absolute Gasteiger partial charge is 0.481 e. The molecule has 2 unspecified atom stereocenters. The lowest BCUT2D eigenvalue weighted by molar-refractivity contribution is -0.142. The van der Waals surface area contributed by atoms with E-state index in [4.69, 9.17) is 5.11 Å². The predicted octanol–water partition coefficient (Wildman–Crippen LogP) is 3.38. The number of carbonyl (C=O) groups excluding carboxylic acids is 1. The van der Waals surface area contributed by atoms with Gasteiger partial charge in [0.15, 0.2) is 5.78 Å². The molecule has 0 aromatic heterocycles. The molecule has 0 heterocycles. The molecule has 0 aliphatic rings. The standard InChI is InChI=1S/C16H16O3/c1-10(11(2)16(18)19)15(17)14-8-7-12-5-3-4-6-13(12)9-14/h3-11H,1-2H3,(H,18,19). The van der Waals surface area contributed by atoms with Crippen LogP contribution in [0.3, 0.4) is 0 Å². The monoisotopic (exact) mass is 256 g/mol. The first kappa shape index (κ1) is 13.3. The highest BCUT2D eigenvalue weighted by Gasteiger charge is 2.26. The summed E-state index contributed by atoms with van der Waals surface area (Å²) < 4.78 is 0. The molecule has 1 N–H and O–H groups in total. The van der Waals surface area contributed by atoms with Crippen LogP contribution in [-0.2, 0) is 4.79 Å². The van der Waals surface area contributed by atoms with Crippen molar-refractivity contribution in [3.05, 3.63) is 48.0 Å². The Morgan fingerprint density at radius 2 is 1.58 bits per heavy atom. The molecule has 3 nitrogen and oxygen atoms in total. The Bertz CT molecular complexity index is 631. The fraction of sp³-hybridized carbons (Fsp3) is 0.250.